The van der Waals surface area contributed by atoms with Gasteiger partial charge in [-0.3, -0.25) is 14.4 Å². The molecule has 0 saturated heterocycles. The number of hydrogen-bond acceptors (Lipinski definition) is 6. The van der Waals surface area contributed by atoms with Crippen LogP contribution in [0.3, 0.4) is 0 Å². The molecule has 0 aromatic carbocycles. The minimum atomic E-state index is -0.764. The van der Waals surface area contributed by atoms with Gasteiger partial charge in [-0.25, -0.2) is 0 Å². The maximum absolute atomic E-state index is 12.8. The van der Waals surface area contributed by atoms with Gasteiger partial charge in [-0.2, -0.15) is 0 Å². The highest BCUT2D eigenvalue weighted by Crippen LogP contribution is 2.18. The zero-order valence-corrected chi connectivity index (χ0v) is 49.2. The monoisotopic (exact) mass is 1020 g/mol. The molecule has 73 heavy (non-hydrogen) atoms. The van der Waals surface area contributed by atoms with Crippen LogP contribution < -0.4 is 0 Å². The first-order valence-electron chi connectivity index (χ1n) is 32.5. The number of allylic oxidation sites excluding steroid dienone is 6. The summed E-state index contributed by atoms with van der Waals surface area (Å²) in [4.78, 5) is 38.1. The van der Waals surface area contributed by atoms with E-state index in [0.29, 0.717) is 19.3 Å². The minimum Gasteiger partial charge on any atom is -0.462 e. The van der Waals surface area contributed by atoms with Crippen LogP contribution in [-0.2, 0) is 28.6 Å². The van der Waals surface area contributed by atoms with Gasteiger partial charge in [-0.15, -0.1) is 0 Å². The van der Waals surface area contributed by atoms with Crippen LogP contribution in [0.25, 0.3) is 0 Å². The van der Waals surface area contributed by atoms with Crippen LogP contribution in [0.4, 0.5) is 0 Å². The summed E-state index contributed by atoms with van der Waals surface area (Å²) in [6.07, 6.45) is 76.1. The number of esters is 3. The van der Waals surface area contributed by atoms with Gasteiger partial charge in [0.1, 0.15) is 13.2 Å². The summed E-state index contributed by atoms with van der Waals surface area (Å²) < 4.78 is 16.9. The molecule has 0 rings (SSSR count). The Kier molecular flexibility index (Phi) is 60.2. The van der Waals surface area contributed by atoms with E-state index in [4.69, 9.17) is 14.2 Å². The summed E-state index contributed by atoms with van der Waals surface area (Å²) in [5, 5.41) is 0. The Morgan fingerprint density at radius 1 is 0.274 bits per heavy atom. The van der Waals surface area contributed by atoms with Crippen molar-refractivity contribution in [3.8, 4) is 0 Å². The summed E-state index contributed by atoms with van der Waals surface area (Å²) in [5.41, 5.74) is 0. The smallest absolute Gasteiger partial charge is 0.306 e. The Hall–Kier alpha value is -2.37. The number of ether oxygens (including phenoxy) is 3. The third-order valence-electron chi connectivity index (χ3n) is 14.6. The van der Waals surface area contributed by atoms with E-state index in [0.717, 1.165) is 70.6 Å². The number of unbranched alkanes of at least 4 members (excludes halogenated alkanes) is 43. The average molecular weight is 1030 g/mol. The van der Waals surface area contributed by atoms with Gasteiger partial charge in [-0.05, 0) is 57.8 Å². The fraction of sp³-hybridized carbons (Fsp3) is 0.866. The second-order valence-electron chi connectivity index (χ2n) is 22.0. The Bertz CT molecular complexity index is 1220. The molecule has 0 aliphatic rings. The molecule has 0 amide bonds. The fourth-order valence-electron chi connectivity index (χ4n) is 9.75. The normalized spacial score (nSPS) is 12.2. The van der Waals surface area contributed by atoms with Crippen molar-refractivity contribution in [1.29, 1.82) is 0 Å². The van der Waals surface area contributed by atoms with Crippen LogP contribution in [0, 0.1) is 0 Å². The molecule has 6 nitrogen and oxygen atoms in total. The molecule has 0 saturated carbocycles. The topological polar surface area (TPSA) is 78.9 Å². The maximum atomic E-state index is 12.8. The lowest BCUT2D eigenvalue weighted by atomic mass is 10.0. The van der Waals surface area contributed by atoms with Crippen LogP contribution in [0.2, 0.25) is 0 Å². The molecule has 0 aromatic heterocycles. The quantitative estimate of drug-likeness (QED) is 0.0261. The van der Waals surface area contributed by atoms with Gasteiger partial charge >= 0.3 is 17.9 Å². The molecule has 0 aromatic rings. The van der Waals surface area contributed by atoms with Crippen molar-refractivity contribution in [2.24, 2.45) is 0 Å². The van der Waals surface area contributed by atoms with Crippen molar-refractivity contribution in [3.05, 3.63) is 36.5 Å². The van der Waals surface area contributed by atoms with Gasteiger partial charge in [0.15, 0.2) is 6.10 Å². The Morgan fingerprint density at radius 3 is 0.767 bits per heavy atom. The van der Waals surface area contributed by atoms with Crippen LogP contribution in [0.15, 0.2) is 36.5 Å². The molecular formula is C67H124O6. The molecule has 0 spiro atoms. The molecule has 0 bridgehead atoms. The number of hydrogen-bond donors (Lipinski definition) is 0. The first-order chi connectivity index (χ1) is 36.0. The third-order valence-corrected chi connectivity index (χ3v) is 14.6. The van der Waals surface area contributed by atoms with Crippen LogP contribution in [-0.4, -0.2) is 37.2 Å². The maximum Gasteiger partial charge on any atom is 0.306 e. The van der Waals surface area contributed by atoms with Crippen molar-refractivity contribution >= 4 is 17.9 Å². The van der Waals surface area contributed by atoms with Crippen molar-refractivity contribution in [3.63, 3.8) is 0 Å². The third kappa shape index (κ3) is 60.4. The van der Waals surface area contributed by atoms with Crippen molar-refractivity contribution in [2.45, 2.75) is 361 Å². The SMILES string of the molecule is CCCCCCC/C=C\C/C=C\C/C=C\CCCCCCCCCCCCCCCCCCCCC(=O)OCC(COC(=O)CCCCCCCCCCCCC)OC(=O)CCCCCCCCCCCCC. The van der Waals surface area contributed by atoms with Gasteiger partial charge in [0.25, 0.3) is 0 Å². The van der Waals surface area contributed by atoms with Gasteiger partial charge in [0, 0.05) is 19.3 Å². The summed E-state index contributed by atoms with van der Waals surface area (Å²) in [6.45, 7) is 6.66. The van der Waals surface area contributed by atoms with E-state index in [-0.39, 0.29) is 31.1 Å². The molecule has 0 fully saturated rings. The van der Waals surface area contributed by atoms with Crippen molar-refractivity contribution < 1.29 is 28.6 Å². The van der Waals surface area contributed by atoms with Crippen LogP contribution in [0.1, 0.15) is 355 Å². The van der Waals surface area contributed by atoms with E-state index >= 15 is 0 Å². The number of rotatable bonds is 60. The second kappa shape index (κ2) is 62.2. The lowest BCUT2D eigenvalue weighted by molar-refractivity contribution is -0.167. The molecule has 1 unspecified atom stereocenters. The standard InChI is InChI=1S/C67H124O6/c1-4-7-10-13-16-19-22-23-24-25-26-27-28-29-30-31-32-33-34-35-36-37-38-39-40-41-42-43-46-48-51-54-57-60-66(69)72-63-64(73-67(70)61-58-55-52-49-45-21-18-15-12-9-6-3)62-71-65(68)59-56-53-50-47-44-20-17-14-11-8-5-2/h22-23,25-26,28-29,64H,4-21,24,27,30-63H2,1-3H3/b23-22-,26-25-,29-28-. The Labute approximate surface area is 455 Å². The molecule has 0 radical (unpaired) electrons. The molecule has 6 heteroatoms. The highest BCUT2D eigenvalue weighted by molar-refractivity contribution is 5.71. The van der Waals surface area contributed by atoms with Gasteiger partial charge < -0.3 is 14.2 Å². The highest BCUT2D eigenvalue weighted by Gasteiger charge is 2.19. The summed E-state index contributed by atoms with van der Waals surface area (Å²) >= 11 is 0. The summed E-state index contributed by atoms with van der Waals surface area (Å²) in [5.74, 6) is -0.845. The highest BCUT2D eigenvalue weighted by atomic mass is 16.6. The van der Waals surface area contributed by atoms with E-state index in [1.165, 1.54) is 244 Å². The van der Waals surface area contributed by atoms with E-state index in [1.807, 2.05) is 0 Å². The lowest BCUT2D eigenvalue weighted by Crippen LogP contribution is -2.30. The molecule has 0 N–H and O–H groups in total. The average Bonchev–Trinajstić information content (AvgIpc) is 3.39. The zero-order valence-electron chi connectivity index (χ0n) is 49.2. The first kappa shape index (κ1) is 70.6. The molecular weight excluding hydrogens is 901 g/mol. The fourth-order valence-corrected chi connectivity index (χ4v) is 9.75. The first-order valence-corrected chi connectivity index (χ1v) is 32.5. The molecule has 0 aliphatic carbocycles. The summed E-state index contributed by atoms with van der Waals surface area (Å²) in [6, 6.07) is 0. The second-order valence-corrected chi connectivity index (χ2v) is 22.0. The van der Waals surface area contributed by atoms with Gasteiger partial charge in [0.05, 0.1) is 0 Å². The molecule has 0 heterocycles. The predicted molar refractivity (Wildman–Crippen MR) is 316 cm³/mol. The molecule has 0 aliphatic heterocycles. The minimum absolute atomic E-state index is 0.0652. The van der Waals surface area contributed by atoms with Gasteiger partial charge in [-0.1, -0.05) is 314 Å². The molecule has 1 atom stereocenters. The van der Waals surface area contributed by atoms with E-state index in [9.17, 15) is 14.4 Å². The van der Waals surface area contributed by atoms with E-state index in [1.54, 1.807) is 0 Å². The number of carbonyl (C=O) groups is 3. The largest absolute Gasteiger partial charge is 0.462 e. The Balaban J connectivity index is 4.00. The number of carbonyl (C=O) groups excluding carboxylic acids is 3. The van der Waals surface area contributed by atoms with Crippen LogP contribution in [0.5, 0.6) is 0 Å². The van der Waals surface area contributed by atoms with Crippen molar-refractivity contribution in [2.75, 3.05) is 13.2 Å². The van der Waals surface area contributed by atoms with E-state index in [2.05, 4.69) is 57.2 Å². The van der Waals surface area contributed by atoms with E-state index < -0.39 is 6.10 Å². The zero-order chi connectivity index (χ0) is 52.9. The predicted octanol–water partition coefficient (Wildman–Crippen LogP) is 22.0. The van der Waals surface area contributed by atoms with Gasteiger partial charge in [0.2, 0.25) is 0 Å². The Morgan fingerprint density at radius 2 is 0.493 bits per heavy atom. The summed E-state index contributed by atoms with van der Waals surface area (Å²) in [7, 11) is 0. The lowest BCUT2D eigenvalue weighted by Gasteiger charge is -2.18. The van der Waals surface area contributed by atoms with Crippen LogP contribution >= 0.6 is 0 Å². The molecule has 428 valence electrons. The van der Waals surface area contributed by atoms with Crippen molar-refractivity contribution in [1.82, 2.24) is 0 Å².